The van der Waals surface area contributed by atoms with Gasteiger partial charge in [0, 0.05) is 0 Å². The second-order valence-corrected chi connectivity index (χ2v) is 7.82. The molecule has 32 heavy (non-hydrogen) atoms. The van der Waals surface area contributed by atoms with E-state index >= 15 is 0 Å². The van der Waals surface area contributed by atoms with Crippen LogP contribution in [-0.2, 0) is 47.5 Å². The molecule has 0 aliphatic heterocycles. The molecule has 0 saturated heterocycles. The molecule has 10 nitrogen and oxygen atoms in total. The minimum absolute atomic E-state index is 0.0588. The lowest BCUT2D eigenvalue weighted by Gasteiger charge is -2.08. The van der Waals surface area contributed by atoms with Gasteiger partial charge in [0.05, 0.1) is 90.6 Å². The molecule has 0 spiro atoms. The maximum Gasteiger partial charge on any atom is 0.308 e. The van der Waals surface area contributed by atoms with E-state index in [1.807, 2.05) is 0 Å². The Morgan fingerprint density at radius 2 is 1.12 bits per heavy atom. The molecule has 0 atom stereocenters. The van der Waals surface area contributed by atoms with Crippen LogP contribution >= 0.6 is 0 Å². The Morgan fingerprint density at radius 1 is 0.688 bits per heavy atom. The summed E-state index contributed by atoms with van der Waals surface area (Å²) in [4.78, 5) is 11.2. The van der Waals surface area contributed by atoms with Crippen LogP contribution in [0.2, 0.25) is 0 Å². The van der Waals surface area contributed by atoms with Crippen molar-refractivity contribution in [1.29, 1.82) is 0 Å². The highest BCUT2D eigenvalue weighted by Crippen LogP contribution is 2.10. The first-order valence-corrected chi connectivity index (χ1v) is 12.0. The van der Waals surface area contributed by atoms with Crippen molar-refractivity contribution in [2.24, 2.45) is 0 Å². The fourth-order valence-electron chi connectivity index (χ4n) is 2.23. The fourth-order valence-corrected chi connectivity index (χ4v) is 3.14. The molecule has 0 heterocycles. The van der Waals surface area contributed by atoms with Gasteiger partial charge in [-0.25, -0.2) is 0 Å². The number of carbonyl (C=O) groups excluding carboxylic acids is 1. The smallest absolute Gasteiger partial charge is 0.308 e. The van der Waals surface area contributed by atoms with Crippen LogP contribution in [0, 0.1) is 0 Å². The highest BCUT2D eigenvalue weighted by atomic mass is 32.2. The van der Waals surface area contributed by atoms with E-state index in [0.29, 0.717) is 66.1 Å². The van der Waals surface area contributed by atoms with Gasteiger partial charge in [-0.05, 0) is 19.1 Å². The van der Waals surface area contributed by atoms with E-state index in [2.05, 4.69) is 0 Å². The molecule has 184 valence electrons. The highest BCUT2D eigenvalue weighted by Gasteiger charge is 2.13. The van der Waals surface area contributed by atoms with Crippen molar-refractivity contribution in [2.45, 2.75) is 18.2 Å². The largest absolute Gasteiger partial charge is 0.466 e. The first-order valence-electron chi connectivity index (χ1n) is 10.5. The second-order valence-electron chi connectivity index (χ2n) is 6.21. The summed E-state index contributed by atoms with van der Waals surface area (Å²) >= 11 is 0. The van der Waals surface area contributed by atoms with E-state index in [4.69, 9.17) is 32.6 Å². The van der Waals surface area contributed by atoms with Crippen molar-refractivity contribution in [3.63, 3.8) is 0 Å². The zero-order valence-electron chi connectivity index (χ0n) is 18.6. The molecule has 1 rings (SSSR count). The van der Waals surface area contributed by atoms with Crippen molar-refractivity contribution in [1.82, 2.24) is 0 Å². The molecule has 1 aromatic carbocycles. The zero-order chi connectivity index (χ0) is 23.3. The summed E-state index contributed by atoms with van der Waals surface area (Å²) in [5.41, 5.74) is 0. The second kappa shape index (κ2) is 18.9. The number of rotatable bonds is 21. The van der Waals surface area contributed by atoms with Crippen LogP contribution in [-0.4, -0.2) is 93.7 Å². The number of carbonyl (C=O) groups is 1. The minimum atomic E-state index is -3.75. The van der Waals surface area contributed by atoms with Gasteiger partial charge < -0.3 is 28.4 Å². The van der Waals surface area contributed by atoms with Crippen molar-refractivity contribution < 1.29 is 45.8 Å². The van der Waals surface area contributed by atoms with Crippen molar-refractivity contribution in [2.75, 3.05) is 79.3 Å². The molecule has 0 fully saturated rings. The predicted octanol–water partition coefficient (Wildman–Crippen LogP) is 1.43. The van der Waals surface area contributed by atoms with Gasteiger partial charge >= 0.3 is 5.97 Å². The summed E-state index contributed by atoms with van der Waals surface area (Å²) in [6.45, 7) is 5.80. The van der Waals surface area contributed by atoms with Gasteiger partial charge in [-0.2, -0.15) is 8.42 Å². The van der Waals surface area contributed by atoms with Crippen LogP contribution in [0.25, 0.3) is 0 Å². The lowest BCUT2D eigenvalue weighted by molar-refractivity contribution is -0.144. The molecule has 0 N–H and O–H groups in total. The number of benzene rings is 1. The summed E-state index contributed by atoms with van der Waals surface area (Å²) < 4.78 is 60.1. The molecule has 0 unspecified atom stereocenters. The van der Waals surface area contributed by atoms with Gasteiger partial charge in [0.15, 0.2) is 0 Å². The first kappa shape index (κ1) is 28.4. The summed E-state index contributed by atoms with van der Waals surface area (Å²) in [5, 5.41) is 0. The summed E-state index contributed by atoms with van der Waals surface area (Å²) in [6, 6.07) is 7.95. The van der Waals surface area contributed by atoms with Gasteiger partial charge in [0.2, 0.25) is 0 Å². The number of ether oxygens (including phenoxy) is 6. The third-order valence-corrected chi connectivity index (χ3v) is 5.07. The Bertz CT molecular complexity index is 681. The molecule has 1 aromatic rings. The average Bonchev–Trinajstić information content (AvgIpc) is 2.79. The Morgan fingerprint density at radius 3 is 1.59 bits per heavy atom. The Balaban J connectivity index is 1.79. The number of hydrogen-bond acceptors (Lipinski definition) is 10. The molecule has 0 aliphatic carbocycles. The SMILES string of the molecule is CCOC(=O)CCOCCOCCOCCOCCOCCOS(=O)(=O)c1ccccc1. The third-order valence-electron chi connectivity index (χ3n) is 3.74. The van der Waals surface area contributed by atoms with Crippen LogP contribution in [0.4, 0.5) is 0 Å². The highest BCUT2D eigenvalue weighted by molar-refractivity contribution is 7.86. The summed E-state index contributed by atoms with van der Waals surface area (Å²) in [5.74, 6) is -0.265. The van der Waals surface area contributed by atoms with Crippen molar-refractivity contribution in [3.8, 4) is 0 Å². The van der Waals surface area contributed by atoms with Gasteiger partial charge in [-0.15, -0.1) is 0 Å². The lowest BCUT2D eigenvalue weighted by atomic mass is 10.4. The molecular formula is C21H34O10S. The van der Waals surface area contributed by atoms with Gasteiger partial charge in [0.1, 0.15) is 0 Å². The Labute approximate surface area is 190 Å². The number of esters is 1. The van der Waals surface area contributed by atoms with Gasteiger partial charge in [-0.1, -0.05) is 18.2 Å². The zero-order valence-corrected chi connectivity index (χ0v) is 19.4. The topological polar surface area (TPSA) is 116 Å². The molecule has 0 bridgehead atoms. The molecule has 11 heteroatoms. The summed E-state index contributed by atoms with van der Waals surface area (Å²) in [7, 11) is -3.75. The predicted molar refractivity (Wildman–Crippen MR) is 115 cm³/mol. The van der Waals surface area contributed by atoms with E-state index in [1.54, 1.807) is 25.1 Å². The molecule has 0 amide bonds. The van der Waals surface area contributed by atoms with Crippen molar-refractivity contribution in [3.05, 3.63) is 30.3 Å². The maximum absolute atomic E-state index is 11.9. The molecule has 0 radical (unpaired) electrons. The van der Waals surface area contributed by atoms with E-state index < -0.39 is 10.1 Å². The fraction of sp³-hybridized carbons (Fsp3) is 0.667. The van der Waals surface area contributed by atoms with Gasteiger partial charge in [-0.3, -0.25) is 8.98 Å². The number of hydrogen-bond donors (Lipinski definition) is 0. The maximum atomic E-state index is 11.9. The van der Waals surface area contributed by atoms with Crippen molar-refractivity contribution >= 4 is 16.1 Å². The standard InChI is InChI=1S/C21H34O10S/c1-2-30-21(22)8-9-25-10-11-26-12-13-27-14-15-28-16-17-29-18-19-31-32(23,24)20-6-4-3-5-7-20/h3-7H,2,8-19H2,1H3. The van der Waals surface area contributed by atoms with E-state index in [0.717, 1.165) is 0 Å². The Kier molecular flexibility index (Phi) is 16.8. The molecule has 0 aliphatic rings. The Hall–Kier alpha value is -1.60. The monoisotopic (exact) mass is 478 g/mol. The first-order chi connectivity index (χ1) is 15.6. The molecule has 0 aromatic heterocycles. The third kappa shape index (κ3) is 15.2. The normalized spacial score (nSPS) is 11.5. The van der Waals surface area contributed by atoms with Crippen LogP contribution in [0.15, 0.2) is 35.2 Å². The van der Waals surface area contributed by atoms with E-state index in [9.17, 15) is 13.2 Å². The van der Waals surface area contributed by atoms with Crippen LogP contribution in [0.3, 0.4) is 0 Å². The van der Waals surface area contributed by atoms with Crippen LogP contribution < -0.4 is 0 Å². The minimum Gasteiger partial charge on any atom is -0.466 e. The van der Waals surface area contributed by atoms with E-state index in [1.165, 1.54) is 12.1 Å². The quantitative estimate of drug-likeness (QED) is 0.146. The van der Waals surface area contributed by atoms with Crippen LogP contribution in [0.1, 0.15) is 13.3 Å². The lowest BCUT2D eigenvalue weighted by Crippen LogP contribution is -2.15. The molecular weight excluding hydrogens is 444 g/mol. The molecule has 0 saturated carbocycles. The van der Waals surface area contributed by atoms with Crippen LogP contribution in [0.5, 0.6) is 0 Å². The van der Waals surface area contributed by atoms with Gasteiger partial charge in [0.25, 0.3) is 10.1 Å². The average molecular weight is 479 g/mol. The van der Waals surface area contributed by atoms with E-state index in [-0.39, 0.29) is 30.5 Å². The summed E-state index contributed by atoms with van der Waals surface area (Å²) in [6.07, 6.45) is 0.242.